The van der Waals surface area contributed by atoms with E-state index in [0.29, 0.717) is 11.5 Å². The van der Waals surface area contributed by atoms with Crippen LogP contribution in [0.2, 0.25) is 0 Å². The second kappa shape index (κ2) is 10.5. The summed E-state index contributed by atoms with van der Waals surface area (Å²) in [6.45, 7) is 5.65. The lowest BCUT2D eigenvalue weighted by atomic mass is 10.0. The molecule has 0 radical (unpaired) electrons. The first-order valence-electron chi connectivity index (χ1n) is 9.16. The second-order valence-corrected chi connectivity index (χ2v) is 6.47. The number of carbonyl (C=O) groups is 1. The molecule has 0 saturated carbocycles. The Morgan fingerprint density at radius 3 is 2.81 bits per heavy atom. The van der Waals surface area contributed by atoms with Crippen LogP contribution in [-0.2, 0) is 4.79 Å². The summed E-state index contributed by atoms with van der Waals surface area (Å²) in [5.41, 5.74) is 0.837. The van der Waals surface area contributed by atoms with Gasteiger partial charge in [-0.3, -0.25) is 4.79 Å². The Balaban J connectivity index is 1.87. The third-order valence-electron chi connectivity index (χ3n) is 4.55. The summed E-state index contributed by atoms with van der Waals surface area (Å²) in [4.78, 5) is 13.8. The predicted molar refractivity (Wildman–Crippen MR) is 100 cm³/mol. The van der Waals surface area contributed by atoms with Crippen LogP contribution in [0.4, 0.5) is 0 Å². The van der Waals surface area contributed by atoms with E-state index in [9.17, 15) is 4.79 Å². The van der Waals surface area contributed by atoms with Crippen molar-refractivity contribution in [2.75, 3.05) is 33.4 Å². The second-order valence-electron chi connectivity index (χ2n) is 6.47. The molecule has 0 bridgehead atoms. The van der Waals surface area contributed by atoms with Crippen LogP contribution in [0.3, 0.4) is 0 Å². The normalized spacial score (nSPS) is 19.7. The van der Waals surface area contributed by atoms with Crippen LogP contribution in [0, 0.1) is 11.3 Å². The number of quaternary nitrogens is 1. The van der Waals surface area contributed by atoms with Crippen LogP contribution in [0.15, 0.2) is 24.3 Å². The number of likely N-dealkylation sites (tertiary alicyclic amines) is 1. The third-order valence-corrected chi connectivity index (χ3v) is 4.55. The predicted octanol–water partition coefficient (Wildman–Crippen LogP) is 1.18. The zero-order chi connectivity index (χ0) is 18.8. The minimum absolute atomic E-state index is 0.0350. The van der Waals surface area contributed by atoms with E-state index in [0.717, 1.165) is 31.5 Å². The largest absolute Gasteiger partial charge is 0.493 e. The first-order chi connectivity index (χ1) is 12.7. The van der Waals surface area contributed by atoms with Gasteiger partial charge in [-0.15, -0.1) is 0 Å². The Morgan fingerprint density at radius 2 is 2.15 bits per heavy atom. The lowest BCUT2D eigenvalue weighted by Crippen LogP contribution is -3.13. The molecule has 1 saturated heterocycles. The molecule has 1 aromatic rings. The highest BCUT2D eigenvalue weighted by Crippen LogP contribution is 2.28. The molecule has 1 amide bonds. The molecule has 6 nitrogen and oxygen atoms in total. The summed E-state index contributed by atoms with van der Waals surface area (Å²) in [5.74, 6) is 0.976. The molecule has 1 fully saturated rings. The summed E-state index contributed by atoms with van der Waals surface area (Å²) in [5, 5.41) is 11.7. The van der Waals surface area contributed by atoms with Gasteiger partial charge in [0.25, 0.3) is 0 Å². The van der Waals surface area contributed by atoms with Crippen LogP contribution in [0.5, 0.6) is 11.5 Å². The van der Waals surface area contributed by atoms with Gasteiger partial charge in [0.05, 0.1) is 26.7 Å². The summed E-state index contributed by atoms with van der Waals surface area (Å²) < 4.78 is 10.6. The molecule has 1 heterocycles. The fourth-order valence-electron chi connectivity index (χ4n) is 3.21. The van der Waals surface area contributed by atoms with Crippen molar-refractivity contribution < 1.29 is 19.2 Å². The average molecular weight is 358 g/mol. The SMILES string of the molecule is CCC[NH+]1CCC(NC(=O)/C=C/c2ccc(OCC#N)c(OC)c2)CC1. The van der Waals surface area contributed by atoms with E-state index in [1.807, 2.05) is 12.1 Å². The lowest BCUT2D eigenvalue weighted by molar-refractivity contribution is -0.905. The molecule has 1 aliphatic rings. The van der Waals surface area contributed by atoms with Crippen molar-refractivity contribution in [2.45, 2.75) is 32.2 Å². The van der Waals surface area contributed by atoms with Gasteiger partial charge < -0.3 is 19.7 Å². The van der Waals surface area contributed by atoms with Crippen molar-refractivity contribution >= 4 is 12.0 Å². The molecular weight excluding hydrogens is 330 g/mol. The van der Waals surface area contributed by atoms with E-state index in [2.05, 4.69) is 12.2 Å². The number of nitrogens with zero attached hydrogens (tertiary/aromatic N) is 1. The summed E-state index contributed by atoms with van der Waals surface area (Å²) in [7, 11) is 1.54. The van der Waals surface area contributed by atoms with Gasteiger partial charge in [-0.1, -0.05) is 13.0 Å². The number of nitrogens with one attached hydrogen (secondary N) is 2. The van der Waals surface area contributed by atoms with Gasteiger partial charge in [0.2, 0.25) is 5.91 Å². The maximum absolute atomic E-state index is 12.2. The minimum atomic E-state index is -0.0716. The summed E-state index contributed by atoms with van der Waals surface area (Å²) in [6, 6.07) is 7.53. The van der Waals surface area contributed by atoms with Crippen LogP contribution in [0.1, 0.15) is 31.7 Å². The van der Waals surface area contributed by atoms with E-state index >= 15 is 0 Å². The molecule has 6 heteroatoms. The maximum Gasteiger partial charge on any atom is 0.244 e. The molecule has 2 rings (SSSR count). The standard InChI is InChI=1S/C20H27N3O3/c1-3-11-23-12-8-17(9-13-23)22-20(24)7-5-16-4-6-18(26-14-10-21)19(15-16)25-2/h4-7,15,17H,3,8-9,11-14H2,1-2H3,(H,22,24)/p+1/b7-5+. The highest BCUT2D eigenvalue weighted by Gasteiger charge is 2.21. The fourth-order valence-corrected chi connectivity index (χ4v) is 3.21. The number of ether oxygens (including phenoxy) is 2. The minimum Gasteiger partial charge on any atom is -0.493 e. The number of hydrogen-bond acceptors (Lipinski definition) is 4. The molecule has 0 aliphatic carbocycles. The Hall–Kier alpha value is -2.52. The van der Waals surface area contributed by atoms with Crippen molar-refractivity contribution in [1.82, 2.24) is 5.32 Å². The highest BCUT2D eigenvalue weighted by molar-refractivity contribution is 5.92. The van der Waals surface area contributed by atoms with Crippen molar-refractivity contribution in [1.29, 1.82) is 5.26 Å². The Morgan fingerprint density at radius 1 is 1.38 bits per heavy atom. The number of methoxy groups -OCH3 is 1. The maximum atomic E-state index is 12.2. The fraction of sp³-hybridized carbons (Fsp3) is 0.500. The molecule has 0 aromatic heterocycles. The van der Waals surface area contributed by atoms with Gasteiger partial charge in [-0.2, -0.15) is 5.26 Å². The summed E-state index contributed by atoms with van der Waals surface area (Å²) >= 11 is 0. The third kappa shape index (κ3) is 6.08. The first kappa shape index (κ1) is 19.8. The van der Waals surface area contributed by atoms with Crippen molar-refractivity contribution in [3.05, 3.63) is 29.8 Å². The molecule has 0 atom stereocenters. The van der Waals surface area contributed by atoms with Gasteiger partial charge in [-0.25, -0.2) is 0 Å². The van der Waals surface area contributed by atoms with E-state index in [-0.39, 0.29) is 18.6 Å². The smallest absolute Gasteiger partial charge is 0.244 e. The van der Waals surface area contributed by atoms with Crippen LogP contribution in [-0.4, -0.2) is 45.3 Å². The van der Waals surface area contributed by atoms with Gasteiger partial charge in [0, 0.05) is 25.0 Å². The number of benzene rings is 1. The van der Waals surface area contributed by atoms with Gasteiger partial charge in [0.15, 0.2) is 18.1 Å². The van der Waals surface area contributed by atoms with Crippen LogP contribution < -0.4 is 19.7 Å². The van der Waals surface area contributed by atoms with Crippen molar-refractivity contribution in [2.24, 2.45) is 0 Å². The molecule has 1 aliphatic heterocycles. The number of piperidine rings is 1. The first-order valence-corrected chi connectivity index (χ1v) is 9.16. The topological polar surface area (TPSA) is 75.8 Å². The number of amides is 1. The Kier molecular flexibility index (Phi) is 7.97. The molecular formula is C20H28N3O3+. The van der Waals surface area contributed by atoms with Crippen molar-refractivity contribution in [3.8, 4) is 17.6 Å². The molecule has 0 unspecified atom stereocenters. The van der Waals surface area contributed by atoms with Gasteiger partial charge in [-0.05, 0) is 30.2 Å². The summed E-state index contributed by atoms with van der Waals surface area (Å²) in [6.07, 6.45) is 6.58. The Labute approximate surface area is 155 Å². The number of rotatable bonds is 8. The van der Waals surface area contributed by atoms with E-state index in [1.54, 1.807) is 36.3 Å². The van der Waals surface area contributed by atoms with Crippen LogP contribution in [0.25, 0.3) is 6.08 Å². The van der Waals surface area contributed by atoms with Gasteiger partial charge in [0.1, 0.15) is 6.07 Å². The average Bonchev–Trinajstić information content (AvgIpc) is 2.66. The molecule has 140 valence electrons. The zero-order valence-corrected chi connectivity index (χ0v) is 15.6. The van der Waals surface area contributed by atoms with Gasteiger partial charge >= 0.3 is 0 Å². The number of hydrogen-bond donors (Lipinski definition) is 2. The number of carbonyl (C=O) groups excluding carboxylic acids is 1. The quantitative estimate of drug-likeness (QED) is 0.685. The van der Waals surface area contributed by atoms with Crippen LogP contribution >= 0.6 is 0 Å². The molecule has 26 heavy (non-hydrogen) atoms. The van der Waals surface area contributed by atoms with E-state index in [4.69, 9.17) is 14.7 Å². The molecule has 0 spiro atoms. The monoisotopic (exact) mass is 358 g/mol. The number of nitriles is 1. The van der Waals surface area contributed by atoms with E-state index < -0.39 is 0 Å². The molecule has 2 N–H and O–H groups in total. The lowest BCUT2D eigenvalue weighted by Gasteiger charge is -2.29. The van der Waals surface area contributed by atoms with E-state index in [1.165, 1.54) is 13.0 Å². The Bertz CT molecular complexity index is 659. The van der Waals surface area contributed by atoms with Crippen molar-refractivity contribution in [3.63, 3.8) is 0 Å². The zero-order valence-electron chi connectivity index (χ0n) is 15.6. The highest BCUT2D eigenvalue weighted by atomic mass is 16.5. The molecule has 1 aromatic carbocycles.